The van der Waals surface area contributed by atoms with E-state index in [-0.39, 0.29) is 29.1 Å². The van der Waals surface area contributed by atoms with Crippen LogP contribution in [-0.2, 0) is 11.3 Å². The van der Waals surface area contributed by atoms with Crippen LogP contribution >= 0.6 is 0 Å². The van der Waals surface area contributed by atoms with Crippen LogP contribution in [0.3, 0.4) is 0 Å². The van der Waals surface area contributed by atoms with Crippen molar-refractivity contribution in [3.63, 3.8) is 0 Å². The third kappa shape index (κ3) is 4.16. The van der Waals surface area contributed by atoms with Gasteiger partial charge in [0.2, 0.25) is 5.91 Å². The van der Waals surface area contributed by atoms with Gasteiger partial charge in [-0.2, -0.15) is 0 Å². The maximum atomic E-state index is 12.0. The molecule has 0 spiro atoms. The first kappa shape index (κ1) is 18.5. The summed E-state index contributed by atoms with van der Waals surface area (Å²) in [7, 11) is 0. The number of hydrogen-bond donors (Lipinski definition) is 4. The van der Waals surface area contributed by atoms with Gasteiger partial charge < -0.3 is 26.3 Å². The molecule has 0 saturated heterocycles. The van der Waals surface area contributed by atoms with Crippen molar-refractivity contribution >= 4 is 17.6 Å². The molecule has 6 N–H and O–H groups in total. The second kappa shape index (κ2) is 6.94. The number of aromatic carboxylic acids is 1. The summed E-state index contributed by atoms with van der Waals surface area (Å²) in [6.45, 7) is 5.81. The summed E-state index contributed by atoms with van der Waals surface area (Å²) in [6.07, 6.45) is 2.61. The molecule has 2 aromatic rings. The lowest BCUT2D eigenvalue weighted by molar-refractivity contribution is -0.124. The van der Waals surface area contributed by atoms with Gasteiger partial charge in [0.05, 0.1) is 23.8 Å². The maximum absolute atomic E-state index is 12.0. The van der Waals surface area contributed by atoms with E-state index in [1.165, 1.54) is 12.4 Å². The van der Waals surface area contributed by atoms with Crippen molar-refractivity contribution in [2.24, 2.45) is 11.1 Å². The molecule has 0 unspecified atom stereocenters. The summed E-state index contributed by atoms with van der Waals surface area (Å²) in [4.78, 5) is 27.0. The molecule has 0 radical (unpaired) electrons. The Morgan fingerprint density at radius 2 is 2.00 bits per heavy atom. The first-order chi connectivity index (χ1) is 11.6. The molecule has 0 aromatic carbocycles. The highest BCUT2D eigenvalue weighted by molar-refractivity contribution is 5.97. The molecule has 0 fully saturated rings. The van der Waals surface area contributed by atoms with Gasteiger partial charge in [-0.25, -0.2) is 4.79 Å². The zero-order valence-corrected chi connectivity index (χ0v) is 14.4. The molecular formula is C17H22N4O4. The van der Waals surface area contributed by atoms with Gasteiger partial charge in [-0.1, -0.05) is 20.8 Å². The number of nitrogens with zero attached hydrogens (tertiary/aromatic N) is 1. The third-order valence-electron chi connectivity index (χ3n) is 3.80. The number of hydrogen-bond acceptors (Lipinski definition) is 6. The molecule has 2 aromatic heterocycles. The number of amides is 1. The topological polar surface area (TPSA) is 144 Å². The van der Waals surface area contributed by atoms with Crippen molar-refractivity contribution < 1.29 is 19.1 Å². The van der Waals surface area contributed by atoms with Crippen molar-refractivity contribution in [2.45, 2.75) is 33.4 Å². The number of carboxylic acid groups (broad SMARTS) is 1. The minimum absolute atomic E-state index is 0.0715. The Kier molecular flexibility index (Phi) is 5.13. The zero-order valence-electron chi connectivity index (χ0n) is 14.4. The largest absolute Gasteiger partial charge is 0.478 e. The summed E-state index contributed by atoms with van der Waals surface area (Å²) < 4.78 is 5.63. The van der Waals surface area contributed by atoms with Gasteiger partial charge >= 0.3 is 5.97 Å². The van der Waals surface area contributed by atoms with Crippen molar-refractivity contribution in [3.05, 3.63) is 35.9 Å². The van der Waals surface area contributed by atoms with Crippen molar-refractivity contribution in [1.82, 2.24) is 10.3 Å². The highest BCUT2D eigenvalue weighted by atomic mass is 16.4. The van der Waals surface area contributed by atoms with Gasteiger partial charge in [0.25, 0.3) is 0 Å². The Labute approximate surface area is 145 Å². The molecule has 0 saturated carbocycles. The molecule has 1 amide bonds. The van der Waals surface area contributed by atoms with E-state index < -0.39 is 12.0 Å². The van der Waals surface area contributed by atoms with Gasteiger partial charge in [0.1, 0.15) is 17.1 Å². The van der Waals surface area contributed by atoms with Crippen LogP contribution in [0.5, 0.6) is 0 Å². The van der Waals surface area contributed by atoms with E-state index in [1.807, 2.05) is 20.8 Å². The number of rotatable bonds is 5. The Hall–Kier alpha value is -2.87. The molecule has 8 nitrogen and oxygen atoms in total. The number of furan rings is 1. The third-order valence-corrected chi connectivity index (χ3v) is 3.80. The van der Waals surface area contributed by atoms with Crippen molar-refractivity contribution in [2.75, 3.05) is 5.73 Å². The van der Waals surface area contributed by atoms with E-state index in [0.717, 1.165) is 0 Å². The quantitative estimate of drug-likeness (QED) is 0.643. The van der Waals surface area contributed by atoms with Crippen LogP contribution in [0.2, 0.25) is 0 Å². The summed E-state index contributed by atoms with van der Waals surface area (Å²) in [5, 5.41) is 11.8. The second-order valence-corrected chi connectivity index (χ2v) is 6.78. The average molecular weight is 346 g/mol. The number of nitrogens with two attached hydrogens (primary N) is 2. The predicted octanol–water partition coefficient (Wildman–Crippen LogP) is 1.61. The van der Waals surface area contributed by atoms with Crippen LogP contribution in [0.1, 0.15) is 36.9 Å². The van der Waals surface area contributed by atoms with E-state index in [2.05, 4.69) is 10.3 Å². The van der Waals surface area contributed by atoms with Crippen LogP contribution in [0, 0.1) is 5.41 Å². The lowest BCUT2D eigenvalue weighted by Gasteiger charge is -2.25. The average Bonchev–Trinajstić information content (AvgIpc) is 2.99. The fraction of sp³-hybridized carbons (Fsp3) is 0.353. The predicted molar refractivity (Wildman–Crippen MR) is 92.6 cm³/mol. The minimum Gasteiger partial charge on any atom is -0.478 e. The molecule has 25 heavy (non-hydrogen) atoms. The number of nitrogen functional groups attached to an aromatic ring is 1. The highest BCUT2D eigenvalue weighted by Gasteiger charge is 2.27. The van der Waals surface area contributed by atoms with Crippen molar-refractivity contribution in [1.29, 1.82) is 0 Å². The van der Waals surface area contributed by atoms with Gasteiger partial charge in [-0.05, 0) is 17.5 Å². The summed E-state index contributed by atoms with van der Waals surface area (Å²) in [6, 6.07) is 2.67. The lowest BCUT2D eigenvalue weighted by atomic mass is 9.87. The second-order valence-electron chi connectivity index (χ2n) is 6.78. The normalized spacial score (nSPS) is 12.6. The van der Waals surface area contributed by atoms with E-state index in [1.54, 1.807) is 12.1 Å². The maximum Gasteiger partial charge on any atom is 0.339 e. The van der Waals surface area contributed by atoms with E-state index in [4.69, 9.17) is 21.0 Å². The Balaban J connectivity index is 2.12. The van der Waals surface area contributed by atoms with E-state index in [9.17, 15) is 9.59 Å². The number of aromatic nitrogens is 1. The molecule has 8 heteroatoms. The fourth-order valence-electron chi connectivity index (χ4n) is 2.13. The molecule has 134 valence electrons. The van der Waals surface area contributed by atoms with Gasteiger partial charge in [0, 0.05) is 12.4 Å². The SMILES string of the molecule is CC(C)(C)[C@H](N)C(=O)NCc1ccc(-c2cncc(C(=O)O)c2N)o1. The standard InChI is InChI=1S/C17H22N4O4/c1-17(2,3)14(19)15(22)21-6-9-4-5-12(25-9)10-7-20-8-11(13(10)18)16(23)24/h4-5,7-8,14H,6,19H2,1-3H3,(H2,18,20)(H,21,22)(H,23,24)/t14-/m1/s1. The zero-order chi connectivity index (χ0) is 18.8. The molecular weight excluding hydrogens is 324 g/mol. The van der Waals surface area contributed by atoms with Crippen LogP contribution in [0.25, 0.3) is 11.3 Å². The molecule has 0 aliphatic heterocycles. The number of carbonyl (C=O) groups is 2. The lowest BCUT2D eigenvalue weighted by Crippen LogP contribution is -2.48. The van der Waals surface area contributed by atoms with Gasteiger partial charge in [0.15, 0.2) is 0 Å². The highest BCUT2D eigenvalue weighted by Crippen LogP contribution is 2.29. The number of pyridine rings is 1. The summed E-state index contributed by atoms with van der Waals surface area (Å²) in [5.41, 5.74) is 11.8. The fourth-order valence-corrected chi connectivity index (χ4v) is 2.13. The van der Waals surface area contributed by atoms with Crippen LogP contribution in [-0.4, -0.2) is 28.0 Å². The smallest absolute Gasteiger partial charge is 0.339 e. The molecule has 0 aliphatic carbocycles. The Morgan fingerprint density at radius 3 is 2.60 bits per heavy atom. The summed E-state index contributed by atoms with van der Waals surface area (Å²) in [5.74, 6) is -0.580. The first-order valence-electron chi connectivity index (χ1n) is 7.70. The number of carboxylic acids is 1. The Bertz CT molecular complexity index is 792. The number of nitrogens with one attached hydrogen (secondary N) is 1. The number of carbonyl (C=O) groups excluding carboxylic acids is 1. The number of anilines is 1. The van der Waals surface area contributed by atoms with Gasteiger partial charge in [-0.3, -0.25) is 9.78 Å². The van der Waals surface area contributed by atoms with Crippen LogP contribution in [0.4, 0.5) is 5.69 Å². The van der Waals surface area contributed by atoms with E-state index >= 15 is 0 Å². The van der Waals surface area contributed by atoms with Crippen LogP contribution in [0.15, 0.2) is 28.9 Å². The summed E-state index contributed by atoms with van der Waals surface area (Å²) >= 11 is 0. The van der Waals surface area contributed by atoms with Crippen LogP contribution < -0.4 is 16.8 Å². The first-order valence-corrected chi connectivity index (χ1v) is 7.70. The molecule has 2 rings (SSSR count). The minimum atomic E-state index is -1.16. The van der Waals surface area contributed by atoms with Crippen molar-refractivity contribution in [3.8, 4) is 11.3 Å². The monoisotopic (exact) mass is 346 g/mol. The molecule has 2 heterocycles. The molecule has 0 aliphatic rings. The van der Waals surface area contributed by atoms with Gasteiger partial charge in [-0.15, -0.1) is 0 Å². The molecule has 0 bridgehead atoms. The Morgan fingerprint density at radius 1 is 1.32 bits per heavy atom. The van der Waals surface area contributed by atoms with E-state index in [0.29, 0.717) is 17.1 Å². The molecule has 1 atom stereocenters.